The van der Waals surface area contributed by atoms with Gasteiger partial charge in [-0.15, -0.1) is 0 Å². The summed E-state index contributed by atoms with van der Waals surface area (Å²) < 4.78 is 216. The van der Waals surface area contributed by atoms with Crippen molar-refractivity contribution in [2.45, 2.75) is 87.1 Å². The maximum Gasteiger partial charge on any atom is 0.435 e. The fourth-order valence-electron chi connectivity index (χ4n) is 2.88. The molecule has 0 aromatic carbocycles. The van der Waals surface area contributed by atoms with Crippen molar-refractivity contribution in [3.05, 3.63) is 0 Å². The Kier molecular flexibility index (Phi) is 9.74. The van der Waals surface area contributed by atoms with Crippen molar-refractivity contribution in [3.8, 4) is 0 Å². The van der Waals surface area contributed by atoms with Crippen LogP contribution in [-0.2, 0) is 23.8 Å². The molecule has 0 rings (SSSR count). The van der Waals surface area contributed by atoms with E-state index in [4.69, 9.17) is 0 Å². The monoisotopic (exact) mass is 586 g/mol. The van der Waals surface area contributed by atoms with Crippen LogP contribution in [0.2, 0.25) is 0 Å². The molecule has 20 heteroatoms. The van der Waals surface area contributed by atoms with E-state index in [1.54, 1.807) is 0 Å². The zero-order valence-corrected chi connectivity index (χ0v) is 18.7. The fraction of sp³-hybridized carbons (Fsp3) is 0.882. The molecule has 0 aromatic rings. The number of methoxy groups -OCH3 is 1. The Labute approximate surface area is 197 Å². The maximum absolute atomic E-state index is 15.3. The first-order valence-electron chi connectivity index (χ1n) is 9.42. The Balaban J connectivity index is 7.10. The molecule has 0 saturated carbocycles. The Morgan fingerprint density at radius 3 is 1.46 bits per heavy atom. The molecule has 0 aliphatic heterocycles. The second-order valence-corrected chi connectivity index (χ2v) is 7.44. The van der Waals surface area contributed by atoms with Crippen molar-refractivity contribution in [1.29, 1.82) is 0 Å². The van der Waals surface area contributed by atoms with E-state index in [9.17, 15) is 71.1 Å². The molecule has 0 spiro atoms. The highest BCUT2D eigenvalue weighted by Gasteiger charge is 2.84. The molecule has 0 aliphatic carbocycles. The number of hydrogen-bond donors (Lipinski definition) is 0. The lowest BCUT2D eigenvalue weighted by atomic mass is 9.81. The van der Waals surface area contributed by atoms with Gasteiger partial charge >= 0.3 is 53.8 Å². The summed E-state index contributed by atoms with van der Waals surface area (Å²) in [7, 11) is 0.0728. The number of esters is 1. The van der Waals surface area contributed by atoms with Gasteiger partial charge in [-0.3, -0.25) is 4.79 Å². The Morgan fingerprint density at radius 1 is 0.757 bits per heavy atom. The molecule has 0 amide bonds. The quantitative estimate of drug-likeness (QED) is 0.160. The largest absolute Gasteiger partial charge is 0.464 e. The molecule has 0 fully saturated rings. The number of ether oxygens (including phenoxy) is 3. The molecule has 0 N–H and O–H groups in total. The third-order valence-electron chi connectivity index (χ3n) is 5.16. The minimum Gasteiger partial charge on any atom is -0.464 e. The summed E-state index contributed by atoms with van der Waals surface area (Å²) in [6.07, 6.45) is -35.8. The standard InChI is InChI=1S/C17H17F15O5/c1-5-7(11(19,8(18)33)14(23,24)25)36-17(31,32)13(22,15(26,27)28)10(3,6-2)37-16(29,30)12(20,21)9(34)35-4/h7H,5-6H2,1-4H3/t7?,10-,11?,13?/m0/s1. The van der Waals surface area contributed by atoms with Gasteiger partial charge in [-0.1, -0.05) is 13.8 Å². The number of carbonyl (C=O) groups excluding carboxylic acids is 2. The lowest BCUT2D eigenvalue weighted by molar-refractivity contribution is -0.466. The topological polar surface area (TPSA) is 61.8 Å². The van der Waals surface area contributed by atoms with E-state index >= 15 is 4.39 Å². The van der Waals surface area contributed by atoms with E-state index in [1.165, 1.54) is 0 Å². The summed E-state index contributed by atoms with van der Waals surface area (Å²) in [5.41, 5.74) is -17.9. The van der Waals surface area contributed by atoms with Crippen LogP contribution in [0.5, 0.6) is 0 Å². The van der Waals surface area contributed by atoms with Crippen molar-refractivity contribution in [1.82, 2.24) is 0 Å². The highest BCUT2D eigenvalue weighted by molar-refractivity contribution is 5.80. The molecule has 0 bridgehead atoms. The lowest BCUT2D eigenvalue weighted by Crippen LogP contribution is -2.73. The van der Waals surface area contributed by atoms with Gasteiger partial charge in [-0.2, -0.15) is 57.1 Å². The summed E-state index contributed by atoms with van der Waals surface area (Å²) in [6.45, 7) is -0.231. The van der Waals surface area contributed by atoms with Gasteiger partial charge in [-0.25, -0.2) is 13.6 Å². The van der Waals surface area contributed by atoms with Crippen molar-refractivity contribution in [2.24, 2.45) is 0 Å². The smallest absolute Gasteiger partial charge is 0.435 e. The van der Waals surface area contributed by atoms with Crippen LogP contribution in [0.4, 0.5) is 65.9 Å². The number of rotatable bonds is 12. The summed E-state index contributed by atoms with van der Waals surface area (Å²) in [4.78, 5) is 21.5. The third-order valence-corrected chi connectivity index (χ3v) is 5.16. The van der Waals surface area contributed by atoms with Gasteiger partial charge in [0.1, 0.15) is 11.7 Å². The van der Waals surface area contributed by atoms with Crippen LogP contribution in [0.25, 0.3) is 0 Å². The van der Waals surface area contributed by atoms with E-state index in [0.717, 1.165) is 0 Å². The van der Waals surface area contributed by atoms with Crippen molar-refractivity contribution >= 4 is 12.0 Å². The Morgan fingerprint density at radius 2 is 1.19 bits per heavy atom. The number of alkyl halides is 14. The first-order chi connectivity index (χ1) is 16.1. The molecule has 0 saturated heterocycles. The average molecular weight is 586 g/mol. The summed E-state index contributed by atoms with van der Waals surface area (Å²) in [5.74, 6) is -9.45. The van der Waals surface area contributed by atoms with Gasteiger partial charge in [0, 0.05) is 0 Å². The summed E-state index contributed by atoms with van der Waals surface area (Å²) in [6, 6.07) is -4.11. The van der Waals surface area contributed by atoms with Gasteiger partial charge in [-0.05, 0) is 19.8 Å². The first-order valence-corrected chi connectivity index (χ1v) is 9.42. The van der Waals surface area contributed by atoms with Crippen molar-refractivity contribution < 1.29 is 89.7 Å². The van der Waals surface area contributed by atoms with E-state index in [2.05, 4.69) is 14.2 Å². The van der Waals surface area contributed by atoms with Crippen molar-refractivity contribution in [2.75, 3.05) is 7.11 Å². The summed E-state index contributed by atoms with van der Waals surface area (Å²) in [5, 5.41) is 0. The Bertz CT molecular complexity index is 842. The normalized spacial score (nSPS) is 19.9. The van der Waals surface area contributed by atoms with Gasteiger partial charge in [0.15, 0.2) is 0 Å². The van der Waals surface area contributed by atoms with Gasteiger partial charge < -0.3 is 14.2 Å². The molecule has 220 valence electrons. The predicted octanol–water partition coefficient (Wildman–Crippen LogP) is 6.00. The highest BCUT2D eigenvalue weighted by Crippen LogP contribution is 2.58. The maximum atomic E-state index is 15.3. The van der Waals surface area contributed by atoms with Crippen LogP contribution >= 0.6 is 0 Å². The first kappa shape index (κ1) is 35.0. The molecule has 37 heavy (non-hydrogen) atoms. The highest BCUT2D eigenvalue weighted by atomic mass is 19.4. The average Bonchev–Trinajstić information content (AvgIpc) is 2.72. The number of carbonyl (C=O) groups is 2. The second kappa shape index (κ2) is 10.3. The second-order valence-electron chi connectivity index (χ2n) is 7.44. The molecule has 3 unspecified atom stereocenters. The van der Waals surface area contributed by atoms with Gasteiger partial charge in [0.05, 0.1) is 7.11 Å². The zero-order chi connectivity index (χ0) is 30.3. The minimum atomic E-state index is -7.26. The molecule has 0 radical (unpaired) electrons. The van der Waals surface area contributed by atoms with Crippen LogP contribution in [0.3, 0.4) is 0 Å². The van der Waals surface area contributed by atoms with Crippen LogP contribution in [0.15, 0.2) is 0 Å². The van der Waals surface area contributed by atoms with Crippen LogP contribution in [-0.4, -0.2) is 72.7 Å². The van der Waals surface area contributed by atoms with E-state index in [0.29, 0.717) is 0 Å². The lowest BCUT2D eigenvalue weighted by Gasteiger charge is -2.48. The number of hydrogen-bond acceptors (Lipinski definition) is 5. The fourth-order valence-corrected chi connectivity index (χ4v) is 2.88. The molecule has 0 heterocycles. The molecule has 0 aliphatic rings. The predicted molar refractivity (Wildman–Crippen MR) is 87.7 cm³/mol. The summed E-state index contributed by atoms with van der Waals surface area (Å²) >= 11 is 0. The third kappa shape index (κ3) is 5.58. The van der Waals surface area contributed by atoms with Gasteiger partial charge in [0.2, 0.25) is 0 Å². The van der Waals surface area contributed by atoms with Crippen LogP contribution in [0.1, 0.15) is 33.6 Å². The van der Waals surface area contributed by atoms with Gasteiger partial charge in [0.25, 0.3) is 0 Å². The number of halogens is 15. The molecule has 4 atom stereocenters. The molecular weight excluding hydrogens is 569 g/mol. The van der Waals surface area contributed by atoms with Crippen LogP contribution < -0.4 is 0 Å². The van der Waals surface area contributed by atoms with Crippen molar-refractivity contribution in [3.63, 3.8) is 0 Å². The van der Waals surface area contributed by atoms with E-state index in [-0.39, 0.29) is 21.0 Å². The molecular formula is C17H17F15O5. The van der Waals surface area contributed by atoms with E-state index in [1.807, 2.05) is 0 Å². The Hall–Kier alpha value is -1.99. The zero-order valence-electron chi connectivity index (χ0n) is 18.7. The molecule has 5 nitrogen and oxygen atoms in total. The SMILES string of the molecule is CCC(OC(F)(F)C(F)(C(F)(F)F)[C@](C)(CC)OC(F)(F)C(F)(F)C(=O)OC)C(F)(C(=O)F)C(F)(F)F. The van der Waals surface area contributed by atoms with E-state index < -0.39 is 85.3 Å². The molecule has 0 aromatic heterocycles. The van der Waals surface area contributed by atoms with Crippen LogP contribution in [0, 0.1) is 0 Å². The minimum absolute atomic E-state index is 0.0728.